The fourth-order valence-corrected chi connectivity index (χ4v) is 3.58. The summed E-state index contributed by atoms with van der Waals surface area (Å²) in [5.74, 6) is 0. The zero-order chi connectivity index (χ0) is 13.3. The molecule has 0 saturated heterocycles. The maximum Gasteiger partial charge on any atom is 0.0852 e. The molecule has 3 N–H and O–H groups in total. The van der Waals surface area contributed by atoms with E-state index >= 15 is 0 Å². The highest BCUT2D eigenvalue weighted by Crippen LogP contribution is 2.38. The lowest BCUT2D eigenvalue weighted by Crippen LogP contribution is -2.51. The van der Waals surface area contributed by atoms with E-state index in [2.05, 4.69) is 41.8 Å². The minimum absolute atomic E-state index is 0.187. The van der Waals surface area contributed by atoms with E-state index in [4.69, 9.17) is 0 Å². The van der Waals surface area contributed by atoms with E-state index in [0.29, 0.717) is 6.04 Å². The molecule has 0 spiro atoms. The average molecular weight is 260 g/mol. The molecule has 1 aromatic carbocycles. The summed E-state index contributed by atoms with van der Waals surface area (Å²) in [6.45, 7) is 3.17. The SMILES string of the molecule is CCNC1CCC(O)(C2Cc3ccccc3N2)CC1. The molecule has 1 aliphatic heterocycles. The molecule has 19 heavy (non-hydrogen) atoms. The highest BCUT2D eigenvalue weighted by molar-refractivity contribution is 5.57. The molecule has 1 atom stereocenters. The third kappa shape index (κ3) is 2.49. The van der Waals surface area contributed by atoms with Crippen LogP contribution in [0.3, 0.4) is 0 Å². The first-order chi connectivity index (χ1) is 9.21. The molecule has 2 aliphatic rings. The van der Waals surface area contributed by atoms with E-state index in [0.717, 1.165) is 38.6 Å². The van der Waals surface area contributed by atoms with Crippen LogP contribution >= 0.6 is 0 Å². The van der Waals surface area contributed by atoms with Crippen LogP contribution < -0.4 is 10.6 Å². The van der Waals surface area contributed by atoms with Gasteiger partial charge >= 0.3 is 0 Å². The topological polar surface area (TPSA) is 44.3 Å². The zero-order valence-electron chi connectivity index (χ0n) is 11.7. The van der Waals surface area contributed by atoms with Crippen LogP contribution in [0.15, 0.2) is 24.3 Å². The highest BCUT2D eigenvalue weighted by Gasteiger charge is 2.42. The predicted molar refractivity (Wildman–Crippen MR) is 78.4 cm³/mol. The van der Waals surface area contributed by atoms with Gasteiger partial charge in [0.25, 0.3) is 0 Å². The second-order valence-corrected chi connectivity index (χ2v) is 5.99. The fourth-order valence-electron chi connectivity index (χ4n) is 3.58. The van der Waals surface area contributed by atoms with Crippen molar-refractivity contribution in [1.82, 2.24) is 5.32 Å². The molecule has 1 aromatic rings. The first-order valence-corrected chi connectivity index (χ1v) is 7.51. The molecule has 3 rings (SSSR count). The Hall–Kier alpha value is -1.06. The van der Waals surface area contributed by atoms with Gasteiger partial charge in [-0.15, -0.1) is 0 Å². The van der Waals surface area contributed by atoms with Crippen LogP contribution in [-0.2, 0) is 6.42 Å². The Bertz CT molecular complexity index is 413. The van der Waals surface area contributed by atoms with Crippen LogP contribution in [0.4, 0.5) is 5.69 Å². The molecule has 0 aromatic heterocycles. The van der Waals surface area contributed by atoms with Crippen LogP contribution in [0, 0.1) is 0 Å². The number of para-hydroxylation sites is 1. The first kappa shape index (κ1) is 12.9. The van der Waals surface area contributed by atoms with Gasteiger partial charge in [0, 0.05) is 11.7 Å². The summed E-state index contributed by atoms with van der Waals surface area (Å²) in [6, 6.07) is 9.19. The van der Waals surface area contributed by atoms with Crippen LogP contribution in [0.2, 0.25) is 0 Å². The van der Waals surface area contributed by atoms with E-state index in [1.165, 1.54) is 11.3 Å². The van der Waals surface area contributed by atoms with Gasteiger partial charge in [0.1, 0.15) is 0 Å². The smallest absolute Gasteiger partial charge is 0.0852 e. The van der Waals surface area contributed by atoms with Crippen molar-refractivity contribution in [3.05, 3.63) is 29.8 Å². The Balaban J connectivity index is 1.65. The first-order valence-electron chi connectivity index (χ1n) is 7.51. The van der Waals surface area contributed by atoms with Gasteiger partial charge in [-0.05, 0) is 50.3 Å². The molecule has 3 nitrogen and oxygen atoms in total. The van der Waals surface area contributed by atoms with Crippen LogP contribution in [0.5, 0.6) is 0 Å². The molecular weight excluding hydrogens is 236 g/mol. The van der Waals surface area contributed by atoms with Gasteiger partial charge in [-0.25, -0.2) is 0 Å². The molecule has 1 aliphatic carbocycles. The van der Waals surface area contributed by atoms with E-state index in [9.17, 15) is 5.11 Å². The summed E-state index contributed by atoms with van der Waals surface area (Å²) in [7, 11) is 0. The highest BCUT2D eigenvalue weighted by atomic mass is 16.3. The largest absolute Gasteiger partial charge is 0.388 e. The number of aliphatic hydroxyl groups is 1. The molecule has 0 bridgehead atoms. The van der Waals surface area contributed by atoms with Crippen LogP contribution in [0.25, 0.3) is 0 Å². The monoisotopic (exact) mass is 260 g/mol. The van der Waals surface area contributed by atoms with Crippen molar-refractivity contribution < 1.29 is 5.11 Å². The number of hydrogen-bond acceptors (Lipinski definition) is 3. The molecule has 1 unspecified atom stereocenters. The van der Waals surface area contributed by atoms with Crippen molar-refractivity contribution in [3.8, 4) is 0 Å². The minimum atomic E-state index is -0.537. The molecule has 1 fully saturated rings. The Kier molecular flexibility index (Phi) is 3.50. The Morgan fingerprint density at radius 3 is 2.74 bits per heavy atom. The summed E-state index contributed by atoms with van der Waals surface area (Å²) in [4.78, 5) is 0. The number of anilines is 1. The third-order valence-corrected chi connectivity index (χ3v) is 4.76. The van der Waals surface area contributed by atoms with E-state index < -0.39 is 5.60 Å². The second-order valence-electron chi connectivity index (χ2n) is 5.99. The summed E-state index contributed by atoms with van der Waals surface area (Å²) in [5.41, 5.74) is 2.01. The lowest BCUT2D eigenvalue weighted by Gasteiger charge is -2.40. The Morgan fingerprint density at radius 2 is 2.05 bits per heavy atom. The average Bonchev–Trinajstić information content (AvgIpc) is 2.86. The zero-order valence-corrected chi connectivity index (χ0v) is 11.7. The van der Waals surface area contributed by atoms with E-state index in [1.54, 1.807) is 0 Å². The molecular formula is C16H24N2O. The van der Waals surface area contributed by atoms with Crippen LogP contribution in [-0.4, -0.2) is 29.3 Å². The third-order valence-electron chi connectivity index (χ3n) is 4.76. The van der Waals surface area contributed by atoms with Crippen molar-refractivity contribution in [2.45, 2.75) is 56.7 Å². The maximum atomic E-state index is 10.9. The van der Waals surface area contributed by atoms with Gasteiger partial charge < -0.3 is 15.7 Å². The summed E-state index contributed by atoms with van der Waals surface area (Å²) < 4.78 is 0. The van der Waals surface area contributed by atoms with Crippen LogP contribution in [0.1, 0.15) is 38.2 Å². The molecule has 1 heterocycles. The standard InChI is InChI=1S/C16H24N2O/c1-2-17-13-7-9-16(19,10-8-13)15-11-12-5-3-4-6-14(12)18-15/h3-6,13,15,17-19H,2,7-11H2,1H3. The molecule has 0 amide bonds. The van der Waals surface area contributed by atoms with Gasteiger partial charge in [0.05, 0.1) is 11.6 Å². The number of fused-ring (bicyclic) bond motifs is 1. The van der Waals surface area contributed by atoms with Gasteiger partial charge in [-0.2, -0.15) is 0 Å². The van der Waals surface area contributed by atoms with Gasteiger partial charge in [-0.3, -0.25) is 0 Å². The lowest BCUT2D eigenvalue weighted by atomic mass is 9.76. The van der Waals surface area contributed by atoms with E-state index in [-0.39, 0.29) is 6.04 Å². The lowest BCUT2D eigenvalue weighted by molar-refractivity contribution is -0.0183. The molecule has 104 valence electrons. The second kappa shape index (κ2) is 5.14. The summed E-state index contributed by atoms with van der Waals surface area (Å²) >= 11 is 0. The van der Waals surface area contributed by atoms with Crippen molar-refractivity contribution in [3.63, 3.8) is 0 Å². The van der Waals surface area contributed by atoms with E-state index in [1.807, 2.05) is 0 Å². The number of rotatable bonds is 3. The minimum Gasteiger partial charge on any atom is -0.388 e. The van der Waals surface area contributed by atoms with Crippen molar-refractivity contribution in [1.29, 1.82) is 0 Å². The number of benzene rings is 1. The molecule has 1 saturated carbocycles. The summed E-state index contributed by atoms with van der Waals surface area (Å²) in [6.07, 6.45) is 4.92. The Labute approximate surface area is 115 Å². The summed E-state index contributed by atoms with van der Waals surface area (Å²) in [5, 5.41) is 18.0. The van der Waals surface area contributed by atoms with Crippen molar-refractivity contribution >= 4 is 5.69 Å². The molecule has 0 radical (unpaired) electrons. The maximum absolute atomic E-state index is 10.9. The number of nitrogens with one attached hydrogen (secondary N) is 2. The number of hydrogen-bond donors (Lipinski definition) is 3. The van der Waals surface area contributed by atoms with Gasteiger partial charge in [0.2, 0.25) is 0 Å². The normalized spacial score (nSPS) is 33.8. The van der Waals surface area contributed by atoms with Gasteiger partial charge in [0.15, 0.2) is 0 Å². The van der Waals surface area contributed by atoms with Gasteiger partial charge in [-0.1, -0.05) is 25.1 Å². The molecule has 3 heteroatoms. The quantitative estimate of drug-likeness (QED) is 0.781. The van der Waals surface area contributed by atoms with Crippen molar-refractivity contribution in [2.75, 3.05) is 11.9 Å². The Morgan fingerprint density at radius 1 is 1.32 bits per heavy atom. The predicted octanol–water partition coefficient (Wildman–Crippen LogP) is 2.31. The van der Waals surface area contributed by atoms with Crippen molar-refractivity contribution in [2.24, 2.45) is 0 Å². The fraction of sp³-hybridized carbons (Fsp3) is 0.625.